The SMILES string of the molecule is COc1ccc(C=C(C#N)C#N)cc1COc1ccc(F)cc1F. The van der Waals surface area contributed by atoms with Gasteiger partial charge in [-0.3, -0.25) is 0 Å². The molecule has 0 saturated heterocycles. The highest BCUT2D eigenvalue weighted by molar-refractivity contribution is 5.63. The molecule has 0 heterocycles. The minimum atomic E-state index is -0.804. The number of methoxy groups -OCH3 is 1. The molecule has 2 aromatic rings. The van der Waals surface area contributed by atoms with Crippen LogP contribution in [0.15, 0.2) is 42.0 Å². The van der Waals surface area contributed by atoms with Crippen LogP contribution in [0.2, 0.25) is 0 Å². The van der Waals surface area contributed by atoms with Crippen molar-refractivity contribution in [3.8, 4) is 23.6 Å². The van der Waals surface area contributed by atoms with Gasteiger partial charge in [0.25, 0.3) is 0 Å². The number of halogens is 2. The van der Waals surface area contributed by atoms with Crippen molar-refractivity contribution in [3.05, 3.63) is 64.7 Å². The average Bonchev–Trinajstić information content (AvgIpc) is 2.59. The third-order valence-electron chi connectivity index (χ3n) is 3.13. The zero-order valence-electron chi connectivity index (χ0n) is 12.7. The van der Waals surface area contributed by atoms with Crippen LogP contribution < -0.4 is 9.47 Å². The maximum atomic E-state index is 13.6. The number of benzene rings is 2. The second kappa shape index (κ2) is 7.75. The maximum absolute atomic E-state index is 13.6. The van der Waals surface area contributed by atoms with E-state index in [2.05, 4.69) is 0 Å². The Morgan fingerprint density at radius 2 is 1.79 bits per heavy atom. The molecule has 24 heavy (non-hydrogen) atoms. The minimum Gasteiger partial charge on any atom is -0.496 e. The Bertz CT molecular complexity index is 848. The summed E-state index contributed by atoms with van der Waals surface area (Å²) in [4.78, 5) is 0. The van der Waals surface area contributed by atoms with Crippen molar-refractivity contribution in [2.75, 3.05) is 7.11 Å². The van der Waals surface area contributed by atoms with Crippen molar-refractivity contribution in [2.45, 2.75) is 6.61 Å². The van der Waals surface area contributed by atoms with Gasteiger partial charge in [-0.1, -0.05) is 6.07 Å². The normalized spacial score (nSPS) is 9.54. The molecule has 0 atom stereocenters. The first-order valence-electron chi connectivity index (χ1n) is 6.84. The molecule has 0 spiro atoms. The number of ether oxygens (including phenoxy) is 2. The van der Waals surface area contributed by atoms with E-state index in [-0.39, 0.29) is 17.9 Å². The van der Waals surface area contributed by atoms with Gasteiger partial charge in [-0.05, 0) is 35.9 Å². The fraction of sp³-hybridized carbons (Fsp3) is 0.111. The van der Waals surface area contributed by atoms with E-state index < -0.39 is 11.6 Å². The highest BCUT2D eigenvalue weighted by Crippen LogP contribution is 2.25. The Balaban J connectivity index is 2.27. The maximum Gasteiger partial charge on any atom is 0.167 e. The topological polar surface area (TPSA) is 66.0 Å². The lowest BCUT2D eigenvalue weighted by Crippen LogP contribution is -2.01. The smallest absolute Gasteiger partial charge is 0.167 e. The molecule has 0 fully saturated rings. The fourth-order valence-electron chi connectivity index (χ4n) is 2.01. The van der Waals surface area contributed by atoms with Crippen LogP contribution in [0.3, 0.4) is 0 Å². The third kappa shape index (κ3) is 4.08. The Hall–Kier alpha value is -3.38. The van der Waals surface area contributed by atoms with Gasteiger partial charge >= 0.3 is 0 Å². The van der Waals surface area contributed by atoms with Crippen LogP contribution in [-0.4, -0.2) is 7.11 Å². The number of hydrogen-bond donors (Lipinski definition) is 0. The second-order valence-electron chi connectivity index (χ2n) is 4.72. The summed E-state index contributed by atoms with van der Waals surface area (Å²) in [5.74, 6) is -1.08. The number of nitrogens with zero attached hydrogens (tertiary/aromatic N) is 2. The molecule has 2 aromatic carbocycles. The van der Waals surface area contributed by atoms with E-state index in [4.69, 9.17) is 20.0 Å². The van der Waals surface area contributed by atoms with Crippen molar-refractivity contribution < 1.29 is 18.3 Å². The predicted octanol–water partition coefficient (Wildman–Crippen LogP) is 3.98. The number of nitriles is 2. The largest absolute Gasteiger partial charge is 0.496 e. The summed E-state index contributed by atoms with van der Waals surface area (Å²) in [7, 11) is 1.48. The van der Waals surface area contributed by atoms with E-state index in [0.29, 0.717) is 16.9 Å². The van der Waals surface area contributed by atoms with E-state index in [9.17, 15) is 8.78 Å². The highest BCUT2D eigenvalue weighted by atomic mass is 19.1. The van der Waals surface area contributed by atoms with Gasteiger partial charge in [0.1, 0.15) is 35.9 Å². The van der Waals surface area contributed by atoms with Gasteiger partial charge in [-0.2, -0.15) is 10.5 Å². The monoisotopic (exact) mass is 326 g/mol. The van der Waals surface area contributed by atoms with Crippen LogP contribution in [0, 0.1) is 34.3 Å². The molecule has 2 rings (SSSR count). The van der Waals surface area contributed by atoms with Gasteiger partial charge in [-0.25, -0.2) is 8.78 Å². The number of hydrogen-bond acceptors (Lipinski definition) is 4. The summed E-state index contributed by atoms with van der Waals surface area (Å²) in [5, 5.41) is 17.6. The zero-order chi connectivity index (χ0) is 17.5. The molecule has 120 valence electrons. The van der Waals surface area contributed by atoms with Crippen molar-refractivity contribution in [1.82, 2.24) is 0 Å². The van der Waals surface area contributed by atoms with Crippen molar-refractivity contribution in [3.63, 3.8) is 0 Å². The summed E-state index contributed by atoms with van der Waals surface area (Å²) >= 11 is 0. The standard InChI is InChI=1S/C18H12F2N2O2/c1-23-17-4-2-12(6-13(9-21)10-22)7-14(17)11-24-18-5-3-15(19)8-16(18)20/h2-8H,11H2,1H3. The zero-order valence-corrected chi connectivity index (χ0v) is 12.7. The second-order valence-corrected chi connectivity index (χ2v) is 4.72. The lowest BCUT2D eigenvalue weighted by atomic mass is 10.1. The quantitative estimate of drug-likeness (QED) is 0.779. The van der Waals surface area contributed by atoms with Gasteiger partial charge in [-0.15, -0.1) is 0 Å². The highest BCUT2D eigenvalue weighted by Gasteiger charge is 2.09. The van der Waals surface area contributed by atoms with Crippen LogP contribution in [0.4, 0.5) is 8.78 Å². The fourth-order valence-corrected chi connectivity index (χ4v) is 2.01. The molecule has 0 N–H and O–H groups in total. The molecule has 0 aliphatic heterocycles. The molecular formula is C18H12F2N2O2. The molecule has 0 amide bonds. The summed E-state index contributed by atoms with van der Waals surface area (Å²) in [5.41, 5.74) is 1.15. The van der Waals surface area contributed by atoms with E-state index in [1.165, 1.54) is 19.3 Å². The molecule has 0 saturated carbocycles. The summed E-state index contributed by atoms with van der Waals surface area (Å²) < 4.78 is 37.1. The van der Waals surface area contributed by atoms with Gasteiger partial charge < -0.3 is 9.47 Å². The molecule has 0 bridgehead atoms. The van der Waals surface area contributed by atoms with E-state index in [1.54, 1.807) is 30.3 Å². The van der Waals surface area contributed by atoms with Gasteiger partial charge in [0.15, 0.2) is 11.6 Å². The van der Waals surface area contributed by atoms with Crippen LogP contribution in [0.1, 0.15) is 11.1 Å². The van der Waals surface area contributed by atoms with E-state index in [1.807, 2.05) is 0 Å². The molecule has 6 heteroatoms. The first-order chi connectivity index (χ1) is 11.6. The minimum absolute atomic E-state index is 0.0259. The van der Waals surface area contributed by atoms with Crippen LogP contribution in [0.25, 0.3) is 6.08 Å². The first-order valence-corrected chi connectivity index (χ1v) is 6.84. The molecule has 4 nitrogen and oxygen atoms in total. The lowest BCUT2D eigenvalue weighted by molar-refractivity contribution is 0.282. The molecule has 0 aliphatic carbocycles. The summed E-state index contributed by atoms with van der Waals surface area (Å²) in [6.07, 6.45) is 1.42. The molecule has 0 unspecified atom stereocenters. The van der Waals surface area contributed by atoms with Crippen LogP contribution in [0.5, 0.6) is 11.5 Å². The summed E-state index contributed by atoms with van der Waals surface area (Å²) in [6.45, 7) is -0.0259. The number of rotatable bonds is 5. The van der Waals surface area contributed by atoms with Crippen LogP contribution >= 0.6 is 0 Å². The van der Waals surface area contributed by atoms with Gasteiger partial charge in [0.05, 0.1) is 7.11 Å². The Labute approximate surface area is 137 Å². The molecule has 0 radical (unpaired) electrons. The van der Waals surface area contributed by atoms with E-state index in [0.717, 1.165) is 12.1 Å². The Morgan fingerprint density at radius 3 is 2.42 bits per heavy atom. The third-order valence-corrected chi connectivity index (χ3v) is 3.13. The van der Waals surface area contributed by atoms with Crippen molar-refractivity contribution >= 4 is 6.08 Å². The van der Waals surface area contributed by atoms with Gasteiger partial charge in [0, 0.05) is 11.6 Å². The Morgan fingerprint density at radius 1 is 1.08 bits per heavy atom. The predicted molar refractivity (Wildman–Crippen MR) is 82.9 cm³/mol. The lowest BCUT2D eigenvalue weighted by Gasteiger charge is -2.12. The van der Waals surface area contributed by atoms with Crippen LogP contribution in [-0.2, 0) is 6.61 Å². The molecule has 0 aromatic heterocycles. The summed E-state index contributed by atoms with van der Waals surface area (Å²) in [6, 6.07) is 11.6. The van der Waals surface area contributed by atoms with E-state index >= 15 is 0 Å². The Kier molecular flexibility index (Phi) is 5.49. The molecule has 0 aliphatic rings. The first kappa shape index (κ1) is 17.0. The van der Waals surface area contributed by atoms with Crippen molar-refractivity contribution in [1.29, 1.82) is 10.5 Å². The average molecular weight is 326 g/mol. The van der Waals surface area contributed by atoms with Crippen molar-refractivity contribution in [2.24, 2.45) is 0 Å². The number of allylic oxidation sites excluding steroid dienone is 1. The molecular weight excluding hydrogens is 314 g/mol. The van der Waals surface area contributed by atoms with Gasteiger partial charge in [0.2, 0.25) is 0 Å².